The molecule has 1 N–H and O–H groups in total. The van der Waals surface area contributed by atoms with E-state index in [2.05, 4.69) is 22.8 Å². The number of nitrogens with one attached hydrogen (secondary N) is 1. The van der Waals surface area contributed by atoms with E-state index in [-0.39, 0.29) is 29.4 Å². The first-order valence-electron chi connectivity index (χ1n) is 11.1. The van der Waals surface area contributed by atoms with Gasteiger partial charge < -0.3 is 14.8 Å². The van der Waals surface area contributed by atoms with Gasteiger partial charge in [-0.05, 0) is 62.2 Å². The summed E-state index contributed by atoms with van der Waals surface area (Å²) in [5, 5.41) is 5.70. The molecule has 7 heteroatoms. The monoisotopic (exact) mass is 464 g/mol. The second-order valence-corrected chi connectivity index (χ2v) is 9.74. The number of halogens is 1. The molecule has 1 saturated heterocycles. The van der Waals surface area contributed by atoms with Crippen LogP contribution in [0.2, 0.25) is 0 Å². The second-order valence-electron chi connectivity index (χ2n) is 8.74. The van der Waals surface area contributed by atoms with E-state index in [1.807, 2.05) is 18.3 Å². The summed E-state index contributed by atoms with van der Waals surface area (Å²) in [7, 11) is 0. The molecule has 0 unspecified atom stereocenters. The maximum Gasteiger partial charge on any atom is 0.302 e. The summed E-state index contributed by atoms with van der Waals surface area (Å²) >= 11 is 1.71. The highest BCUT2D eigenvalue weighted by Gasteiger charge is 2.48. The molecule has 170 valence electrons. The van der Waals surface area contributed by atoms with Crippen LogP contribution in [-0.2, 0) is 32.8 Å². The van der Waals surface area contributed by atoms with Gasteiger partial charge in [0.2, 0.25) is 0 Å². The van der Waals surface area contributed by atoms with Crippen LogP contribution in [0.1, 0.15) is 68.0 Å². The highest BCUT2D eigenvalue weighted by atomic mass is 35.5. The average molecular weight is 465 g/mol. The number of carbonyl (C=O) groups excluding carboxylic acids is 1. The van der Waals surface area contributed by atoms with Crippen molar-refractivity contribution in [3.63, 3.8) is 0 Å². The van der Waals surface area contributed by atoms with E-state index in [1.165, 1.54) is 43.2 Å². The number of esters is 1. The molecule has 4 rings (SSSR count). The predicted octanol–water partition coefficient (Wildman–Crippen LogP) is 5.17. The van der Waals surface area contributed by atoms with Crippen LogP contribution in [0.15, 0.2) is 35.8 Å². The van der Waals surface area contributed by atoms with Crippen molar-refractivity contribution < 1.29 is 14.3 Å². The van der Waals surface area contributed by atoms with Crippen molar-refractivity contribution in [1.82, 2.24) is 10.3 Å². The van der Waals surface area contributed by atoms with Crippen molar-refractivity contribution in [2.45, 2.75) is 76.0 Å². The van der Waals surface area contributed by atoms with Crippen molar-refractivity contribution in [2.75, 3.05) is 13.2 Å². The molecule has 0 aromatic carbocycles. The normalized spacial score (nSPS) is 22.2. The summed E-state index contributed by atoms with van der Waals surface area (Å²) in [4.78, 5) is 17.1. The predicted molar refractivity (Wildman–Crippen MR) is 126 cm³/mol. The smallest absolute Gasteiger partial charge is 0.302 e. The van der Waals surface area contributed by atoms with Gasteiger partial charge in [0.05, 0.1) is 5.60 Å². The lowest BCUT2D eigenvalue weighted by atomic mass is 9.68. The van der Waals surface area contributed by atoms with Gasteiger partial charge in [-0.2, -0.15) is 0 Å². The van der Waals surface area contributed by atoms with E-state index in [4.69, 9.17) is 14.5 Å². The fourth-order valence-electron chi connectivity index (χ4n) is 5.16. The van der Waals surface area contributed by atoms with Crippen LogP contribution in [0.4, 0.5) is 0 Å². The molecule has 31 heavy (non-hydrogen) atoms. The standard InChI is InChI=1S/C24H32N2O3S.ClH/c1-19(27)28-17-20-7-15-30-21(20)16-25-13-10-23(22-6-2-5-12-26-22)11-14-29-24(18-23)8-3-4-9-24;/h2,5-7,12,15,25H,3-4,8-11,13-14,16-18H2,1H3;1H/t23-;/m1./s1. The Morgan fingerprint density at radius 1 is 1.26 bits per heavy atom. The van der Waals surface area contributed by atoms with Gasteiger partial charge in [0, 0.05) is 47.8 Å². The molecule has 5 nitrogen and oxygen atoms in total. The van der Waals surface area contributed by atoms with Gasteiger partial charge in [0.25, 0.3) is 0 Å². The number of pyridine rings is 1. The first kappa shape index (κ1) is 24.2. The summed E-state index contributed by atoms with van der Waals surface area (Å²) in [6, 6.07) is 8.36. The van der Waals surface area contributed by atoms with E-state index >= 15 is 0 Å². The summed E-state index contributed by atoms with van der Waals surface area (Å²) in [5.74, 6) is -0.238. The van der Waals surface area contributed by atoms with Gasteiger partial charge in [0.15, 0.2) is 0 Å². The van der Waals surface area contributed by atoms with Gasteiger partial charge in [-0.1, -0.05) is 18.9 Å². The number of aromatic nitrogens is 1. The van der Waals surface area contributed by atoms with Crippen molar-refractivity contribution in [3.05, 3.63) is 52.0 Å². The van der Waals surface area contributed by atoms with Crippen molar-refractivity contribution >= 4 is 29.7 Å². The van der Waals surface area contributed by atoms with Crippen LogP contribution in [0.5, 0.6) is 0 Å². The van der Waals surface area contributed by atoms with Gasteiger partial charge in [0.1, 0.15) is 6.61 Å². The molecule has 3 heterocycles. The van der Waals surface area contributed by atoms with Crippen LogP contribution < -0.4 is 5.32 Å². The number of nitrogens with zero attached hydrogens (tertiary/aromatic N) is 1. The lowest BCUT2D eigenvalue weighted by Gasteiger charge is -2.46. The van der Waals surface area contributed by atoms with E-state index in [0.29, 0.717) is 6.61 Å². The lowest BCUT2D eigenvalue weighted by molar-refractivity contribution is -0.142. The fraction of sp³-hybridized carbons (Fsp3) is 0.583. The third kappa shape index (κ3) is 5.86. The first-order chi connectivity index (χ1) is 14.6. The van der Waals surface area contributed by atoms with E-state index in [0.717, 1.165) is 44.5 Å². The quantitative estimate of drug-likeness (QED) is 0.431. The minimum Gasteiger partial charge on any atom is -0.461 e. The number of rotatable bonds is 8. The molecule has 2 aromatic rings. The van der Waals surface area contributed by atoms with E-state index < -0.39 is 0 Å². The lowest BCUT2D eigenvalue weighted by Crippen LogP contribution is -2.47. The van der Waals surface area contributed by atoms with Crippen molar-refractivity contribution in [1.29, 1.82) is 0 Å². The van der Waals surface area contributed by atoms with E-state index in [1.54, 1.807) is 11.3 Å². The summed E-state index contributed by atoms with van der Waals surface area (Å²) < 4.78 is 11.5. The highest BCUT2D eigenvalue weighted by molar-refractivity contribution is 7.10. The molecule has 1 aliphatic heterocycles. The zero-order valence-electron chi connectivity index (χ0n) is 18.2. The molecule has 0 bridgehead atoms. The Kier molecular flexibility index (Phi) is 8.50. The molecular formula is C24H33ClN2O3S. The molecule has 1 saturated carbocycles. The molecule has 0 radical (unpaired) electrons. The molecule has 2 aliphatic rings. The molecule has 0 amide bonds. The van der Waals surface area contributed by atoms with Gasteiger partial charge >= 0.3 is 5.97 Å². The van der Waals surface area contributed by atoms with Gasteiger partial charge in [-0.3, -0.25) is 9.78 Å². The maximum absolute atomic E-state index is 11.1. The Morgan fingerprint density at radius 3 is 2.84 bits per heavy atom. The van der Waals surface area contributed by atoms with Crippen molar-refractivity contribution in [2.24, 2.45) is 0 Å². The maximum atomic E-state index is 11.1. The van der Waals surface area contributed by atoms with Crippen LogP contribution in [0.25, 0.3) is 0 Å². The molecular weight excluding hydrogens is 432 g/mol. The number of carbonyl (C=O) groups is 1. The minimum atomic E-state index is -0.238. The number of hydrogen-bond donors (Lipinski definition) is 1. The Morgan fingerprint density at radius 2 is 2.10 bits per heavy atom. The third-order valence-electron chi connectivity index (χ3n) is 6.71. The largest absolute Gasteiger partial charge is 0.461 e. The third-order valence-corrected chi connectivity index (χ3v) is 7.67. The highest BCUT2D eigenvalue weighted by Crippen LogP contribution is 2.49. The van der Waals surface area contributed by atoms with Gasteiger partial charge in [-0.25, -0.2) is 0 Å². The Hall–Kier alpha value is -1.47. The summed E-state index contributed by atoms with van der Waals surface area (Å²) in [5.41, 5.74) is 2.44. The first-order valence-corrected chi connectivity index (χ1v) is 11.9. The molecule has 1 atom stereocenters. The Balaban J connectivity index is 0.00000272. The summed E-state index contributed by atoms with van der Waals surface area (Å²) in [6.07, 6.45) is 10.0. The zero-order valence-corrected chi connectivity index (χ0v) is 19.9. The molecule has 2 fully saturated rings. The van der Waals surface area contributed by atoms with Crippen LogP contribution in [-0.4, -0.2) is 29.7 Å². The molecule has 1 spiro atoms. The number of thiophene rings is 1. The van der Waals surface area contributed by atoms with Gasteiger partial charge in [-0.15, -0.1) is 23.7 Å². The van der Waals surface area contributed by atoms with Crippen LogP contribution in [0.3, 0.4) is 0 Å². The van der Waals surface area contributed by atoms with Crippen molar-refractivity contribution in [3.8, 4) is 0 Å². The average Bonchev–Trinajstić information content (AvgIpc) is 3.40. The zero-order chi connectivity index (χ0) is 20.9. The van der Waals surface area contributed by atoms with E-state index in [9.17, 15) is 4.79 Å². The van der Waals surface area contributed by atoms with Crippen LogP contribution >= 0.6 is 23.7 Å². The summed E-state index contributed by atoms with van der Waals surface area (Å²) in [6.45, 7) is 4.36. The Labute approximate surface area is 195 Å². The Bertz CT molecular complexity index is 838. The second kappa shape index (κ2) is 10.9. The topological polar surface area (TPSA) is 60.5 Å². The number of ether oxygens (including phenoxy) is 2. The van der Waals surface area contributed by atoms with Crippen LogP contribution in [0, 0.1) is 0 Å². The molecule has 2 aromatic heterocycles. The molecule has 1 aliphatic carbocycles. The number of hydrogen-bond acceptors (Lipinski definition) is 6. The SMILES string of the molecule is CC(=O)OCc1ccsc1CNCC[C@@]1(c2ccccn2)CCOC2(CCCC2)C1.Cl. The minimum absolute atomic E-state index is 0. The fourth-order valence-corrected chi connectivity index (χ4v) is 6.02.